The molecule has 0 amide bonds. The van der Waals surface area contributed by atoms with E-state index in [0.717, 1.165) is 38.3 Å². The molecule has 0 radical (unpaired) electrons. The molecule has 3 rings (SSSR count). The fraction of sp³-hybridized carbons (Fsp3) is 0.529. The predicted molar refractivity (Wildman–Crippen MR) is 84.3 cm³/mol. The van der Waals surface area contributed by atoms with E-state index >= 15 is 0 Å². The first-order chi connectivity index (χ1) is 10.8. The predicted octanol–water partition coefficient (Wildman–Crippen LogP) is 3.16. The summed E-state index contributed by atoms with van der Waals surface area (Å²) in [7, 11) is 0. The highest BCUT2D eigenvalue weighted by atomic mass is 16.5. The summed E-state index contributed by atoms with van der Waals surface area (Å²) in [5, 5.41) is 8.43. The molecular formula is C17H23N3O2. The third-order valence-corrected chi connectivity index (χ3v) is 4.29. The summed E-state index contributed by atoms with van der Waals surface area (Å²) in [6.45, 7) is 8.02. The molecule has 1 aromatic carbocycles. The molecule has 118 valence electrons. The van der Waals surface area contributed by atoms with E-state index in [4.69, 9.17) is 9.15 Å². The first-order valence-corrected chi connectivity index (χ1v) is 7.98. The quantitative estimate of drug-likeness (QED) is 0.820. The molecule has 5 nitrogen and oxygen atoms in total. The van der Waals surface area contributed by atoms with Gasteiger partial charge in [-0.15, -0.1) is 10.2 Å². The first-order valence-electron chi connectivity index (χ1n) is 7.98. The Kier molecular flexibility index (Phi) is 4.85. The van der Waals surface area contributed by atoms with E-state index in [0.29, 0.717) is 17.7 Å². The number of aromatic nitrogens is 2. The van der Waals surface area contributed by atoms with Gasteiger partial charge < -0.3 is 9.15 Å². The van der Waals surface area contributed by atoms with Crippen molar-refractivity contribution in [1.82, 2.24) is 15.1 Å². The standard InChI is InChI=1S/C17H23N3O2/c1-3-20(11-14-9-10-21-12-14)13(2)16-18-19-17(22-16)15-7-5-4-6-8-15/h4-8,13-14H,3,9-12H2,1-2H3/t13-,14-/m1/s1. The van der Waals surface area contributed by atoms with Gasteiger partial charge in [-0.2, -0.15) is 0 Å². The van der Waals surface area contributed by atoms with Gasteiger partial charge in [-0.05, 0) is 37.9 Å². The molecule has 1 fully saturated rings. The third-order valence-electron chi connectivity index (χ3n) is 4.29. The zero-order valence-corrected chi connectivity index (χ0v) is 13.2. The van der Waals surface area contributed by atoms with Crippen molar-refractivity contribution in [3.63, 3.8) is 0 Å². The average Bonchev–Trinajstić information content (AvgIpc) is 3.24. The van der Waals surface area contributed by atoms with Crippen LogP contribution >= 0.6 is 0 Å². The van der Waals surface area contributed by atoms with Gasteiger partial charge in [0, 0.05) is 18.7 Å². The second-order valence-electron chi connectivity index (χ2n) is 5.80. The summed E-state index contributed by atoms with van der Waals surface area (Å²) in [6, 6.07) is 10.0. The Hall–Kier alpha value is -1.72. The molecule has 1 aliphatic rings. The van der Waals surface area contributed by atoms with Crippen LogP contribution in [0.25, 0.3) is 11.5 Å². The van der Waals surface area contributed by atoms with Crippen molar-refractivity contribution in [1.29, 1.82) is 0 Å². The Morgan fingerprint density at radius 2 is 2.09 bits per heavy atom. The number of hydrogen-bond acceptors (Lipinski definition) is 5. The fourth-order valence-corrected chi connectivity index (χ4v) is 2.88. The van der Waals surface area contributed by atoms with Crippen LogP contribution in [0.15, 0.2) is 34.7 Å². The van der Waals surface area contributed by atoms with Crippen LogP contribution in [0.4, 0.5) is 0 Å². The van der Waals surface area contributed by atoms with Crippen LogP contribution < -0.4 is 0 Å². The number of nitrogens with zero attached hydrogens (tertiary/aromatic N) is 3. The molecule has 22 heavy (non-hydrogen) atoms. The zero-order valence-electron chi connectivity index (χ0n) is 13.2. The van der Waals surface area contributed by atoms with Gasteiger partial charge in [0.05, 0.1) is 12.6 Å². The summed E-state index contributed by atoms with van der Waals surface area (Å²) in [5.41, 5.74) is 0.959. The van der Waals surface area contributed by atoms with Gasteiger partial charge in [-0.1, -0.05) is 25.1 Å². The summed E-state index contributed by atoms with van der Waals surface area (Å²) in [4.78, 5) is 2.38. The van der Waals surface area contributed by atoms with Gasteiger partial charge in [0.1, 0.15) is 0 Å². The highest BCUT2D eigenvalue weighted by molar-refractivity contribution is 5.51. The smallest absolute Gasteiger partial charge is 0.247 e. The maximum absolute atomic E-state index is 5.88. The first kappa shape index (κ1) is 15.2. The average molecular weight is 301 g/mol. The Bertz CT molecular complexity index is 579. The van der Waals surface area contributed by atoms with Gasteiger partial charge in [0.25, 0.3) is 0 Å². The normalized spacial score (nSPS) is 19.7. The fourth-order valence-electron chi connectivity index (χ4n) is 2.88. The topological polar surface area (TPSA) is 51.4 Å². The molecule has 5 heteroatoms. The molecule has 2 aromatic rings. The SMILES string of the molecule is CCN(C[C@H]1CCOC1)[C@H](C)c1nnc(-c2ccccc2)o1. The molecule has 0 saturated carbocycles. The number of ether oxygens (including phenoxy) is 1. The van der Waals surface area contributed by atoms with Crippen LogP contribution in [0.3, 0.4) is 0 Å². The minimum absolute atomic E-state index is 0.121. The third kappa shape index (κ3) is 3.36. The molecule has 1 aliphatic heterocycles. The number of benzene rings is 1. The minimum Gasteiger partial charge on any atom is -0.419 e. The van der Waals surface area contributed by atoms with E-state index in [1.807, 2.05) is 30.3 Å². The monoisotopic (exact) mass is 301 g/mol. The van der Waals surface area contributed by atoms with Gasteiger partial charge in [-0.3, -0.25) is 4.90 Å². The van der Waals surface area contributed by atoms with Crippen molar-refractivity contribution in [2.45, 2.75) is 26.3 Å². The summed E-state index contributed by atoms with van der Waals surface area (Å²) >= 11 is 0. The van der Waals surface area contributed by atoms with Crippen LogP contribution in [0.2, 0.25) is 0 Å². The van der Waals surface area contributed by atoms with E-state index in [2.05, 4.69) is 28.9 Å². The Morgan fingerprint density at radius 3 is 2.77 bits per heavy atom. The van der Waals surface area contributed by atoms with Gasteiger partial charge in [0.2, 0.25) is 11.8 Å². The lowest BCUT2D eigenvalue weighted by Gasteiger charge is -2.27. The van der Waals surface area contributed by atoms with Crippen molar-refractivity contribution in [3.8, 4) is 11.5 Å². The van der Waals surface area contributed by atoms with Gasteiger partial charge in [0.15, 0.2) is 0 Å². The molecule has 0 spiro atoms. The zero-order chi connectivity index (χ0) is 15.4. The molecule has 0 bridgehead atoms. The molecular weight excluding hydrogens is 278 g/mol. The summed E-state index contributed by atoms with van der Waals surface area (Å²) < 4.78 is 11.4. The molecule has 2 atom stereocenters. The van der Waals surface area contributed by atoms with Crippen molar-refractivity contribution in [2.24, 2.45) is 5.92 Å². The lowest BCUT2D eigenvalue weighted by molar-refractivity contribution is 0.141. The second kappa shape index (κ2) is 7.03. The van der Waals surface area contributed by atoms with Crippen molar-refractivity contribution >= 4 is 0 Å². The van der Waals surface area contributed by atoms with Crippen LogP contribution in [0.5, 0.6) is 0 Å². The lowest BCUT2D eigenvalue weighted by atomic mass is 10.1. The van der Waals surface area contributed by atoms with Crippen LogP contribution in [-0.2, 0) is 4.74 Å². The Morgan fingerprint density at radius 1 is 1.27 bits per heavy atom. The second-order valence-corrected chi connectivity index (χ2v) is 5.80. The molecule has 0 aliphatic carbocycles. The molecule has 2 heterocycles. The Labute approximate surface area is 131 Å². The van der Waals surface area contributed by atoms with E-state index in [1.54, 1.807) is 0 Å². The maximum Gasteiger partial charge on any atom is 0.247 e. The molecule has 0 unspecified atom stereocenters. The minimum atomic E-state index is 0.121. The largest absolute Gasteiger partial charge is 0.419 e. The maximum atomic E-state index is 5.88. The van der Waals surface area contributed by atoms with E-state index in [9.17, 15) is 0 Å². The van der Waals surface area contributed by atoms with Crippen molar-refractivity contribution < 1.29 is 9.15 Å². The van der Waals surface area contributed by atoms with Gasteiger partial charge in [-0.25, -0.2) is 0 Å². The highest BCUT2D eigenvalue weighted by Gasteiger charge is 2.25. The van der Waals surface area contributed by atoms with Crippen LogP contribution in [-0.4, -0.2) is 41.4 Å². The highest BCUT2D eigenvalue weighted by Crippen LogP contribution is 2.25. The number of rotatable bonds is 6. The van der Waals surface area contributed by atoms with E-state index in [-0.39, 0.29) is 6.04 Å². The van der Waals surface area contributed by atoms with E-state index in [1.165, 1.54) is 0 Å². The Balaban J connectivity index is 1.70. The van der Waals surface area contributed by atoms with Gasteiger partial charge >= 0.3 is 0 Å². The summed E-state index contributed by atoms with van der Waals surface area (Å²) in [5.74, 6) is 1.88. The molecule has 1 saturated heterocycles. The van der Waals surface area contributed by atoms with E-state index < -0.39 is 0 Å². The molecule has 1 aromatic heterocycles. The lowest BCUT2D eigenvalue weighted by Crippen LogP contribution is -2.32. The molecule has 0 N–H and O–H groups in total. The summed E-state index contributed by atoms with van der Waals surface area (Å²) in [6.07, 6.45) is 1.14. The van der Waals surface area contributed by atoms with Crippen LogP contribution in [0.1, 0.15) is 32.2 Å². The number of hydrogen-bond donors (Lipinski definition) is 0. The van der Waals surface area contributed by atoms with Crippen molar-refractivity contribution in [3.05, 3.63) is 36.2 Å². The van der Waals surface area contributed by atoms with Crippen LogP contribution in [0, 0.1) is 5.92 Å². The van der Waals surface area contributed by atoms with Crippen molar-refractivity contribution in [2.75, 3.05) is 26.3 Å².